The smallest absolute Gasteiger partial charge is 0.338 e. The van der Waals surface area contributed by atoms with Crippen molar-refractivity contribution in [3.8, 4) is 5.75 Å². The summed E-state index contributed by atoms with van der Waals surface area (Å²) in [6, 6.07) is 14.6. The number of carbonyl (C=O) groups excluding carboxylic acids is 2. The largest absolute Gasteiger partial charge is 0.508 e. The quantitative estimate of drug-likeness (QED) is 0.591. The van der Waals surface area contributed by atoms with E-state index in [0.29, 0.717) is 5.58 Å². The molecule has 2 aromatic carbocycles. The molecule has 1 N–H and O–H groups in total. The number of hydrogen-bond donors (Lipinski definition) is 1. The molecule has 0 bridgehead atoms. The van der Waals surface area contributed by atoms with Crippen LogP contribution in [-0.4, -0.2) is 23.5 Å². The molecule has 0 unspecified atom stereocenters. The van der Waals surface area contributed by atoms with Crippen molar-refractivity contribution in [1.82, 2.24) is 0 Å². The number of ketones is 1. The Bertz CT molecular complexity index is 814. The van der Waals surface area contributed by atoms with Crippen LogP contribution in [0.2, 0.25) is 0 Å². The normalized spacial score (nSPS) is 10.5. The first kappa shape index (κ1) is 13.9. The molecule has 0 spiro atoms. The Kier molecular flexibility index (Phi) is 3.62. The minimum absolute atomic E-state index is 0.0435. The molecule has 5 nitrogen and oxygen atoms in total. The van der Waals surface area contributed by atoms with E-state index in [1.807, 2.05) is 18.2 Å². The van der Waals surface area contributed by atoms with Crippen LogP contribution in [0.4, 0.5) is 0 Å². The van der Waals surface area contributed by atoms with Crippen molar-refractivity contribution in [1.29, 1.82) is 0 Å². The van der Waals surface area contributed by atoms with E-state index >= 15 is 0 Å². The predicted octanol–water partition coefficient (Wildman–Crippen LogP) is 3.18. The SMILES string of the molecule is O=C(OCC(=O)c1cc2ccccc2o1)c1cccc(O)c1. The lowest BCUT2D eigenvalue weighted by Gasteiger charge is -2.03. The maximum atomic E-state index is 12.0. The Morgan fingerprint density at radius 2 is 1.86 bits per heavy atom. The average Bonchev–Trinajstić information content (AvgIpc) is 2.96. The number of esters is 1. The van der Waals surface area contributed by atoms with Crippen LogP contribution in [0.25, 0.3) is 11.0 Å². The highest BCUT2D eigenvalue weighted by Gasteiger charge is 2.15. The van der Waals surface area contributed by atoms with Crippen molar-refractivity contribution < 1.29 is 23.8 Å². The molecule has 3 aromatic rings. The second-order valence-electron chi connectivity index (χ2n) is 4.70. The number of ether oxygens (including phenoxy) is 1. The Morgan fingerprint density at radius 3 is 2.64 bits per heavy atom. The van der Waals surface area contributed by atoms with E-state index in [2.05, 4.69) is 0 Å². The van der Waals surface area contributed by atoms with Crippen molar-refractivity contribution in [2.45, 2.75) is 0 Å². The standard InChI is InChI=1S/C17H12O5/c18-13-6-3-5-12(8-13)17(20)21-10-14(19)16-9-11-4-1-2-7-15(11)22-16/h1-9,18H,10H2. The fourth-order valence-electron chi connectivity index (χ4n) is 2.04. The molecule has 0 aliphatic rings. The molecule has 110 valence electrons. The monoisotopic (exact) mass is 296 g/mol. The highest BCUT2D eigenvalue weighted by atomic mass is 16.5. The number of hydrogen-bond acceptors (Lipinski definition) is 5. The van der Waals surface area contributed by atoms with Crippen LogP contribution in [0, 0.1) is 0 Å². The second-order valence-corrected chi connectivity index (χ2v) is 4.70. The zero-order valence-electron chi connectivity index (χ0n) is 11.5. The lowest BCUT2D eigenvalue weighted by atomic mass is 10.2. The summed E-state index contributed by atoms with van der Waals surface area (Å²) < 4.78 is 10.3. The number of para-hydroxylation sites is 1. The van der Waals surface area contributed by atoms with Crippen molar-refractivity contribution in [2.75, 3.05) is 6.61 Å². The summed E-state index contributed by atoms with van der Waals surface area (Å²) >= 11 is 0. The third-order valence-corrected chi connectivity index (χ3v) is 3.12. The summed E-state index contributed by atoms with van der Waals surface area (Å²) in [6.45, 7) is -0.422. The fourth-order valence-corrected chi connectivity index (χ4v) is 2.04. The highest BCUT2D eigenvalue weighted by molar-refractivity contribution is 6.00. The first-order valence-electron chi connectivity index (χ1n) is 6.61. The number of phenols is 1. The number of Topliss-reactive ketones (excluding diaryl/α,β-unsaturated/α-hetero) is 1. The average molecular weight is 296 g/mol. The number of carbonyl (C=O) groups is 2. The van der Waals surface area contributed by atoms with Crippen molar-refractivity contribution in [3.05, 3.63) is 65.9 Å². The zero-order valence-corrected chi connectivity index (χ0v) is 11.5. The molecular weight excluding hydrogens is 284 g/mol. The number of phenolic OH excluding ortho intramolecular Hbond substituents is 1. The van der Waals surface area contributed by atoms with Crippen LogP contribution < -0.4 is 0 Å². The van der Waals surface area contributed by atoms with Crippen LogP contribution in [0.3, 0.4) is 0 Å². The van der Waals surface area contributed by atoms with Crippen LogP contribution in [0.5, 0.6) is 5.75 Å². The van der Waals surface area contributed by atoms with Gasteiger partial charge >= 0.3 is 5.97 Å². The minimum atomic E-state index is -0.680. The summed E-state index contributed by atoms with van der Waals surface area (Å²) in [5, 5.41) is 10.1. The van der Waals surface area contributed by atoms with Gasteiger partial charge in [0.05, 0.1) is 5.56 Å². The highest BCUT2D eigenvalue weighted by Crippen LogP contribution is 2.19. The Hall–Kier alpha value is -3.08. The zero-order chi connectivity index (χ0) is 15.5. The first-order valence-corrected chi connectivity index (χ1v) is 6.61. The van der Waals surface area contributed by atoms with Gasteiger partial charge < -0.3 is 14.3 Å². The number of fused-ring (bicyclic) bond motifs is 1. The molecule has 1 aromatic heterocycles. The molecule has 0 amide bonds. The summed E-state index contributed by atoms with van der Waals surface area (Å²) in [7, 11) is 0. The summed E-state index contributed by atoms with van der Waals surface area (Å²) in [5.41, 5.74) is 0.780. The predicted molar refractivity (Wildman–Crippen MR) is 78.9 cm³/mol. The maximum Gasteiger partial charge on any atom is 0.338 e. The van der Waals surface area contributed by atoms with E-state index in [4.69, 9.17) is 9.15 Å². The van der Waals surface area contributed by atoms with Gasteiger partial charge in [0, 0.05) is 5.39 Å². The second kappa shape index (κ2) is 5.73. The fraction of sp³-hybridized carbons (Fsp3) is 0.0588. The van der Waals surface area contributed by atoms with Gasteiger partial charge in [0.1, 0.15) is 11.3 Å². The van der Waals surface area contributed by atoms with Crippen LogP contribution in [0.1, 0.15) is 20.9 Å². The molecule has 22 heavy (non-hydrogen) atoms. The Balaban J connectivity index is 1.68. The molecule has 0 saturated heterocycles. The number of furan rings is 1. The summed E-state index contributed by atoms with van der Waals surface area (Å²) in [4.78, 5) is 23.8. The molecule has 0 atom stereocenters. The van der Waals surface area contributed by atoms with Gasteiger partial charge in [-0.1, -0.05) is 24.3 Å². The molecule has 5 heteroatoms. The van der Waals surface area contributed by atoms with E-state index in [1.165, 1.54) is 24.3 Å². The molecular formula is C17H12O5. The molecule has 3 rings (SSSR count). The van der Waals surface area contributed by atoms with E-state index < -0.39 is 18.4 Å². The Labute approximate surface area is 125 Å². The van der Waals surface area contributed by atoms with Crippen molar-refractivity contribution in [2.24, 2.45) is 0 Å². The molecule has 1 heterocycles. The number of benzene rings is 2. The summed E-state index contributed by atoms with van der Waals surface area (Å²) in [6.07, 6.45) is 0. The molecule has 0 aliphatic heterocycles. The number of rotatable bonds is 4. The van der Waals surface area contributed by atoms with Gasteiger partial charge in [-0.05, 0) is 30.3 Å². The lowest BCUT2D eigenvalue weighted by molar-refractivity contribution is 0.0468. The third kappa shape index (κ3) is 2.83. The topological polar surface area (TPSA) is 76.7 Å². The van der Waals surface area contributed by atoms with Gasteiger partial charge in [-0.15, -0.1) is 0 Å². The first-order chi connectivity index (χ1) is 10.6. The van der Waals surface area contributed by atoms with Crippen molar-refractivity contribution >= 4 is 22.7 Å². The van der Waals surface area contributed by atoms with Crippen LogP contribution in [0.15, 0.2) is 59.0 Å². The van der Waals surface area contributed by atoms with E-state index in [-0.39, 0.29) is 17.1 Å². The molecule has 0 saturated carbocycles. The maximum absolute atomic E-state index is 12.0. The van der Waals surface area contributed by atoms with E-state index in [9.17, 15) is 14.7 Å². The van der Waals surface area contributed by atoms with Gasteiger partial charge in [0.25, 0.3) is 0 Å². The molecule has 0 radical (unpaired) electrons. The molecule has 0 fully saturated rings. The van der Waals surface area contributed by atoms with Gasteiger partial charge in [-0.25, -0.2) is 4.79 Å². The van der Waals surface area contributed by atoms with E-state index in [1.54, 1.807) is 12.1 Å². The Morgan fingerprint density at radius 1 is 1.05 bits per heavy atom. The van der Waals surface area contributed by atoms with Gasteiger partial charge in [-0.3, -0.25) is 4.79 Å². The molecule has 0 aliphatic carbocycles. The van der Waals surface area contributed by atoms with Gasteiger partial charge in [0.15, 0.2) is 12.4 Å². The lowest BCUT2D eigenvalue weighted by Crippen LogP contribution is -2.13. The van der Waals surface area contributed by atoms with Crippen LogP contribution in [-0.2, 0) is 4.74 Å². The number of aromatic hydroxyl groups is 1. The van der Waals surface area contributed by atoms with Crippen LogP contribution >= 0.6 is 0 Å². The third-order valence-electron chi connectivity index (χ3n) is 3.12. The minimum Gasteiger partial charge on any atom is -0.508 e. The summed E-state index contributed by atoms with van der Waals surface area (Å²) in [5.74, 6) is -1.01. The van der Waals surface area contributed by atoms with Crippen molar-refractivity contribution in [3.63, 3.8) is 0 Å². The van der Waals surface area contributed by atoms with E-state index in [0.717, 1.165) is 5.39 Å². The van der Waals surface area contributed by atoms with Gasteiger partial charge in [-0.2, -0.15) is 0 Å². The van der Waals surface area contributed by atoms with Gasteiger partial charge in [0.2, 0.25) is 5.78 Å².